The Morgan fingerprint density at radius 2 is 2.06 bits per heavy atom. The van der Waals surface area contributed by atoms with Gasteiger partial charge in [0.05, 0.1) is 19.3 Å². The maximum absolute atomic E-state index is 9.76. The number of aliphatic hydroxyl groups excluding tert-OH is 3. The summed E-state index contributed by atoms with van der Waals surface area (Å²) in [5.74, 6) is 0.469. The number of nitrogens with zero attached hydrogens (tertiary/aromatic N) is 1. The fraction of sp³-hybridized carbons (Fsp3) is 1.00. The van der Waals surface area contributed by atoms with Crippen LogP contribution in [0.2, 0.25) is 0 Å². The van der Waals surface area contributed by atoms with Crippen LogP contribution in [0, 0.1) is 5.92 Å². The molecule has 1 heterocycles. The zero-order valence-electron chi connectivity index (χ0n) is 11.4. The zero-order chi connectivity index (χ0) is 13.4. The largest absolute Gasteiger partial charge is 0.395 e. The second-order valence-electron chi connectivity index (χ2n) is 5.26. The minimum atomic E-state index is -0.220. The summed E-state index contributed by atoms with van der Waals surface area (Å²) in [6.45, 7) is 5.50. The molecule has 0 spiro atoms. The lowest BCUT2D eigenvalue weighted by atomic mass is 9.89. The molecule has 18 heavy (non-hydrogen) atoms. The van der Waals surface area contributed by atoms with Crippen LogP contribution in [-0.2, 0) is 0 Å². The van der Waals surface area contributed by atoms with Gasteiger partial charge in [-0.15, -0.1) is 0 Å². The first kappa shape index (κ1) is 15.9. The lowest BCUT2D eigenvalue weighted by Crippen LogP contribution is -2.50. The highest BCUT2D eigenvalue weighted by molar-refractivity contribution is 4.84. The summed E-state index contributed by atoms with van der Waals surface area (Å²) in [4.78, 5) is 2.24. The van der Waals surface area contributed by atoms with Crippen molar-refractivity contribution >= 4 is 0 Å². The summed E-state index contributed by atoms with van der Waals surface area (Å²) in [7, 11) is 0. The van der Waals surface area contributed by atoms with Gasteiger partial charge in [-0.25, -0.2) is 0 Å². The van der Waals surface area contributed by atoms with E-state index < -0.39 is 0 Å². The molecular weight excluding hydrogens is 232 g/mol. The third-order valence-corrected chi connectivity index (χ3v) is 3.65. The van der Waals surface area contributed by atoms with Crippen LogP contribution in [0.5, 0.6) is 0 Å². The molecule has 1 saturated heterocycles. The highest BCUT2D eigenvalue weighted by Gasteiger charge is 2.27. The van der Waals surface area contributed by atoms with Gasteiger partial charge < -0.3 is 20.6 Å². The van der Waals surface area contributed by atoms with Crippen molar-refractivity contribution in [2.45, 2.75) is 38.3 Å². The van der Waals surface area contributed by atoms with E-state index >= 15 is 0 Å². The smallest absolute Gasteiger partial charge is 0.0558 e. The number of nitrogens with one attached hydrogen (secondary N) is 1. The van der Waals surface area contributed by atoms with Crippen molar-refractivity contribution in [1.29, 1.82) is 0 Å². The van der Waals surface area contributed by atoms with Gasteiger partial charge in [0.1, 0.15) is 0 Å². The molecule has 0 aromatic rings. The molecule has 0 amide bonds. The highest BCUT2D eigenvalue weighted by atomic mass is 16.3. The SMILES string of the molecule is CCC(O)CC1CC(NCCO)CN(CCO)C1. The van der Waals surface area contributed by atoms with Crippen LogP contribution >= 0.6 is 0 Å². The second-order valence-corrected chi connectivity index (χ2v) is 5.26. The Morgan fingerprint density at radius 3 is 2.67 bits per heavy atom. The lowest BCUT2D eigenvalue weighted by molar-refractivity contribution is 0.0737. The van der Waals surface area contributed by atoms with Crippen LogP contribution in [0.25, 0.3) is 0 Å². The Labute approximate surface area is 110 Å². The van der Waals surface area contributed by atoms with Gasteiger partial charge in [0.2, 0.25) is 0 Å². The van der Waals surface area contributed by atoms with Crippen molar-refractivity contribution in [2.75, 3.05) is 39.4 Å². The van der Waals surface area contributed by atoms with E-state index in [1.54, 1.807) is 0 Å². The van der Waals surface area contributed by atoms with Gasteiger partial charge in [0.25, 0.3) is 0 Å². The van der Waals surface area contributed by atoms with Crippen LogP contribution in [0.3, 0.4) is 0 Å². The first-order chi connectivity index (χ1) is 8.69. The first-order valence-corrected chi connectivity index (χ1v) is 7.05. The molecule has 3 atom stereocenters. The number of rotatable bonds is 8. The molecule has 1 aliphatic heterocycles. The van der Waals surface area contributed by atoms with Crippen LogP contribution in [0.1, 0.15) is 26.2 Å². The summed E-state index contributed by atoms with van der Waals surface area (Å²) >= 11 is 0. The minimum absolute atomic E-state index is 0.152. The molecule has 4 N–H and O–H groups in total. The van der Waals surface area contributed by atoms with E-state index in [0.29, 0.717) is 25.0 Å². The van der Waals surface area contributed by atoms with Crippen molar-refractivity contribution in [1.82, 2.24) is 10.2 Å². The molecule has 1 fully saturated rings. The lowest BCUT2D eigenvalue weighted by Gasteiger charge is -2.38. The molecule has 0 saturated carbocycles. The van der Waals surface area contributed by atoms with E-state index in [4.69, 9.17) is 10.2 Å². The molecule has 1 aliphatic rings. The fourth-order valence-corrected chi connectivity index (χ4v) is 2.77. The van der Waals surface area contributed by atoms with Crippen molar-refractivity contribution in [3.63, 3.8) is 0 Å². The van der Waals surface area contributed by atoms with Gasteiger partial charge in [-0.3, -0.25) is 4.90 Å². The van der Waals surface area contributed by atoms with Crippen molar-refractivity contribution in [3.8, 4) is 0 Å². The van der Waals surface area contributed by atoms with E-state index in [9.17, 15) is 5.11 Å². The van der Waals surface area contributed by atoms with Crippen molar-refractivity contribution in [2.24, 2.45) is 5.92 Å². The molecule has 5 heteroatoms. The third-order valence-electron chi connectivity index (χ3n) is 3.65. The number of β-amino-alcohol motifs (C(OH)–C–C–N with tert-alkyl or cyclic N) is 1. The van der Waals surface area contributed by atoms with E-state index in [1.807, 2.05) is 6.92 Å². The Kier molecular flexibility index (Phi) is 7.77. The van der Waals surface area contributed by atoms with E-state index in [2.05, 4.69) is 10.2 Å². The molecule has 1 rings (SSSR count). The summed E-state index contributed by atoms with van der Waals surface area (Å²) in [6.07, 6.45) is 2.45. The molecule has 5 nitrogen and oxygen atoms in total. The van der Waals surface area contributed by atoms with Crippen LogP contribution in [0.15, 0.2) is 0 Å². The number of hydrogen-bond acceptors (Lipinski definition) is 5. The Balaban J connectivity index is 2.45. The number of hydrogen-bond donors (Lipinski definition) is 4. The van der Waals surface area contributed by atoms with E-state index in [-0.39, 0.29) is 19.3 Å². The monoisotopic (exact) mass is 260 g/mol. The molecule has 0 bridgehead atoms. The summed E-state index contributed by atoms with van der Waals surface area (Å²) in [5.41, 5.74) is 0. The van der Waals surface area contributed by atoms with Gasteiger partial charge in [0.15, 0.2) is 0 Å². The number of piperidine rings is 1. The molecule has 0 radical (unpaired) electrons. The molecular formula is C13H28N2O3. The maximum Gasteiger partial charge on any atom is 0.0558 e. The normalized spacial score (nSPS) is 27.3. The quantitative estimate of drug-likeness (QED) is 0.469. The predicted molar refractivity (Wildman–Crippen MR) is 71.4 cm³/mol. The third kappa shape index (κ3) is 5.63. The molecule has 108 valence electrons. The highest BCUT2D eigenvalue weighted by Crippen LogP contribution is 2.22. The van der Waals surface area contributed by atoms with Gasteiger partial charge >= 0.3 is 0 Å². The van der Waals surface area contributed by atoms with Crippen LogP contribution in [-0.4, -0.2) is 71.8 Å². The Morgan fingerprint density at radius 1 is 1.28 bits per heavy atom. The van der Waals surface area contributed by atoms with Gasteiger partial charge in [0, 0.05) is 32.2 Å². The van der Waals surface area contributed by atoms with Crippen LogP contribution < -0.4 is 5.32 Å². The summed E-state index contributed by atoms with van der Waals surface area (Å²) < 4.78 is 0. The number of likely N-dealkylation sites (tertiary alicyclic amines) is 1. The summed E-state index contributed by atoms with van der Waals surface area (Å²) in [5, 5.41) is 31.0. The van der Waals surface area contributed by atoms with Gasteiger partial charge in [-0.05, 0) is 25.2 Å². The van der Waals surface area contributed by atoms with Crippen LogP contribution in [0.4, 0.5) is 0 Å². The second kappa shape index (κ2) is 8.82. The first-order valence-electron chi connectivity index (χ1n) is 7.05. The zero-order valence-corrected chi connectivity index (χ0v) is 11.4. The van der Waals surface area contributed by atoms with E-state index in [0.717, 1.165) is 32.4 Å². The van der Waals surface area contributed by atoms with Gasteiger partial charge in [-0.2, -0.15) is 0 Å². The molecule has 0 aromatic carbocycles. The maximum atomic E-state index is 9.76. The molecule has 3 unspecified atom stereocenters. The average molecular weight is 260 g/mol. The van der Waals surface area contributed by atoms with Gasteiger partial charge in [-0.1, -0.05) is 6.92 Å². The molecule has 0 aliphatic carbocycles. The molecule has 0 aromatic heterocycles. The van der Waals surface area contributed by atoms with Crippen molar-refractivity contribution < 1.29 is 15.3 Å². The topological polar surface area (TPSA) is 76.0 Å². The Hall–Kier alpha value is -0.200. The Bertz CT molecular complexity index is 216. The predicted octanol–water partition coefficient (Wildman–Crippen LogP) is -0.588. The van der Waals surface area contributed by atoms with E-state index in [1.165, 1.54) is 0 Å². The number of aliphatic hydroxyl groups is 3. The standard InChI is InChI=1S/C13H28N2O3/c1-2-13(18)8-11-7-12(14-3-5-16)10-15(9-11)4-6-17/h11-14,16-18H,2-10H2,1H3. The summed E-state index contributed by atoms with van der Waals surface area (Å²) in [6, 6.07) is 0.353. The average Bonchev–Trinajstić information content (AvgIpc) is 2.36. The van der Waals surface area contributed by atoms with Crippen molar-refractivity contribution in [3.05, 3.63) is 0 Å². The fourth-order valence-electron chi connectivity index (χ4n) is 2.77. The minimum Gasteiger partial charge on any atom is -0.395 e.